The van der Waals surface area contributed by atoms with Crippen LogP contribution in [0.5, 0.6) is 0 Å². The van der Waals surface area contributed by atoms with Crippen LogP contribution < -0.4 is 5.56 Å². The number of rotatable bonds is 10. The number of carbonyl (C=O) groups is 1. The van der Waals surface area contributed by atoms with Crippen LogP contribution in [-0.4, -0.2) is 64.3 Å². The second-order valence-corrected chi connectivity index (χ2v) is 8.62. The number of pyridine rings is 1. The Morgan fingerprint density at radius 1 is 1.09 bits per heavy atom. The second-order valence-electron chi connectivity index (χ2n) is 8.62. The van der Waals surface area contributed by atoms with E-state index < -0.39 is 11.6 Å². The molecule has 1 fully saturated rings. The van der Waals surface area contributed by atoms with Crippen molar-refractivity contribution in [3.05, 3.63) is 87.6 Å². The number of carbonyl (C=O) groups excluding carboxylic acids is 1. The van der Waals surface area contributed by atoms with Gasteiger partial charge in [0.25, 0.3) is 5.56 Å². The molecular formula is C25H29FN4O4. The van der Waals surface area contributed by atoms with Gasteiger partial charge in [-0.05, 0) is 24.1 Å². The van der Waals surface area contributed by atoms with Gasteiger partial charge in [-0.2, -0.15) is 5.10 Å². The molecule has 1 aromatic carbocycles. The quantitative estimate of drug-likeness (QED) is 0.426. The number of likely N-dealkylation sites (tertiary alicyclic amines) is 1. The van der Waals surface area contributed by atoms with Crippen LogP contribution in [0.15, 0.2) is 59.7 Å². The zero-order valence-electron chi connectivity index (χ0n) is 19.4. The fourth-order valence-electron chi connectivity index (χ4n) is 4.19. The van der Waals surface area contributed by atoms with Crippen LogP contribution in [0.4, 0.5) is 4.39 Å². The Morgan fingerprint density at radius 3 is 2.44 bits per heavy atom. The summed E-state index contributed by atoms with van der Waals surface area (Å²) >= 11 is 0. The van der Waals surface area contributed by atoms with Gasteiger partial charge in [-0.15, -0.1) is 0 Å². The van der Waals surface area contributed by atoms with Gasteiger partial charge in [0, 0.05) is 45.2 Å². The first kappa shape index (κ1) is 23.8. The molecule has 0 spiro atoms. The molecule has 0 aliphatic carbocycles. The highest BCUT2D eigenvalue weighted by atomic mass is 19.1. The molecule has 1 saturated heterocycles. The number of hydrogen-bond acceptors (Lipinski definition) is 6. The first-order chi connectivity index (χ1) is 16.4. The molecule has 1 aliphatic heterocycles. The summed E-state index contributed by atoms with van der Waals surface area (Å²) in [6, 6.07) is 13.0. The third kappa shape index (κ3) is 5.60. The van der Waals surface area contributed by atoms with E-state index in [1.54, 1.807) is 34.6 Å². The fourth-order valence-corrected chi connectivity index (χ4v) is 4.19. The van der Waals surface area contributed by atoms with Crippen LogP contribution in [0.25, 0.3) is 0 Å². The van der Waals surface area contributed by atoms with Crippen LogP contribution in [0.1, 0.15) is 34.1 Å². The number of nitrogens with zero attached hydrogens (tertiary/aromatic N) is 4. The molecule has 4 rings (SSSR count). The number of ether oxygens (including phenoxy) is 2. The standard InChI is InChI=1S/C25H29FN4O4/c1-3-34-24(32)21-14-30(27-22(21)15-28-16-25(26,17-28)18-33-2)13-20-9-7-19(8-10-20)12-29-11-5-4-6-23(29)31/h4-11,14H,3,12-13,15-18H2,1-2H3. The molecule has 0 atom stereocenters. The zero-order valence-corrected chi connectivity index (χ0v) is 19.4. The summed E-state index contributed by atoms with van der Waals surface area (Å²) in [7, 11) is 1.48. The van der Waals surface area contributed by atoms with E-state index in [-0.39, 0.29) is 31.9 Å². The van der Waals surface area contributed by atoms with Gasteiger partial charge in [-0.25, -0.2) is 9.18 Å². The van der Waals surface area contributed by atoms with Crippen LogP contribution in [0, 0.1) is 0 Å². The van der Waals surface area contributed by atoms with Gasteiger partial charge in [-0.1, -0.05) is 30.3 Å². The lowest BCUT2D eigenvalue weighted by Crippen LogP contribution is -2.60. The van der Waals surface area contributed by atoms with E-state index in [9.17, 15) is 14.0 Å². The van der Waals surface area contributed by atoms with Crippen molar-refractivity contribution in [2.24, 2.45) is 0 Å². The Kier molecular flexibility index (Phi) is 7.23. The summed E-state index contributed by atoms with van der Waals surface area (Å²) in [5.41, 5.74) is 1.57. The van der Waals surface area contributed by atoms with Gasteiger partial charge in [0.05, 0.1) is 32.0 Å². The largest absolute Gasteiger partial charge is 0.462 e. The van der Waals surface area contributed by atoms with Crippen LogP contribution in [0.2, 0.25) is 0 Å². The lowest BCUT2D eigenvalue weighted by Gasteiger charge is -2.43. The van der Waals surface area contributed by atoms with Gasteiger partial charge in [0.2, 0.25) is 0 Å². The predicted octanol–water partition coefficient (Wildman–Crippen LogP) is 2.49. The maximum atomic E-state index is 14.4. The second kappa shape index (κ2) is 10.3. The molecule has 0 unspecified atom stereocenters. The number of hydrogen-bond donors (Lipinski definition) is 0. The van der Waals surface area contributed by atoms with Crippen molar-refractivity contribution in [1.82, 2.24) is 19.2 Å². The van der Waals surface area contributed by atoms with Crippen molar-refractivity contribution in [2.45, 2.75) is 32.2 Å². The molecule has 0 amide bonds. The van der Waals surface area contributed by atoms with E-state index in [2.05, 4.69) is 5.10 Å². The van der Waals surface area contributed by atoms with Gasteiger partial charge < -0.3 is 14.0 Å². The highest BCUT2D eigenvalue weighted by molar-refractivity contribution is 5.90. The van der Waals surface area contributed by atoms with E-state index in [0.717, 1.165) is 11.1 Å². The third-order valence-corrected chi connectivity index (χ3v) is 5.74. The van der Waals surface area contributed by atoms with Gasteiger partial charge >= 0.3 is 5.97 Å². The minimum Gasteiger partial charge on any atom is -0.462 e. The number of halogens is 1. The summed E-state index contributed by atoms with van der Waals surface area (Å²) in [4.78, 5) is 26.3. The smallest absolute Gasteiger partial charge is 0.341 e. The van der Waals surface area contributed by atoms with Crippen molar-refractivity contribution in [3.63, 3.8) is 0 Å². The topological polar surface area (TPSA) is 78.6 Å². The van der Waals surface area contributed by atoms with Gasteiger partial charge in [-0.3, -0.25) is 14.4 Å². The molecule has 1 aliphatic rings. The van der Waals surface area contributed by atoms with Crippen molar-refractivity contribution in [3.8, 4) is 0 Å². The molecular weight excluding hydrogens is 439 g/mol. The van der Waals surface area contributed by atoms with E-state index in [4.69, 9.17) is 9.47 Å². The number of alkyl halides is 1. The average molecular weight is 469 g/mol. The van der Waals surface area contributed by atoms with E-state index in [1.165, 1.54) is 13.2 Å². The van der Waals surface area contributed by atoms with E-state index in [1.807, 2.05) is 35.2 Å². The molecule has 9 heteroatoms. The molecule has 0 radical (unpaired) electrons. The maximum Gasteiger partial charge on any atom is 0.341 e. The molecule has 3 aromatic rings. The number of benzene rings is 1. The van der Waals surface area contributed by atoms with Crippen molar-refractivity contribution in [2.75, 3.05) is 33.4 Å². The monoisotopic (exact) mass is 468 g/mol. The Bertz CT molecular complexity index is 1180. The predicted molar refractivity (Wildman–Crippen MR) is 125 cm³/mol. The van der Waals surface area contributed by atoms with E-state index >= 15 is 0 Å². The van der Waals surface area contributed by atoms with Crippen LogP contribution in [-0.2, 0) is 29.1 Å². The summed E-state index contributed by atoms with van der Waals surface area (Å²) in [5, 5.41) is 4.60. The van der Waals surface area contributed by atoms with Crippen molar-refractivity contribution < 1.29 is 18.7 Å². The first-order valence-corrected chi connectivity index (χ1v) is 11.3. The highest BCUT2D eigenvalue weighted by Gasteiger charge is 2.44. The van der Waals surface area contributed by atoms with Gasteiger partial charge in [0.15, 0.2) is 5.67 Å². The average Bonchev–Trinajstić information content (AvgIpc) is 3.18. The van der Waals surface area contributed by atoms with Crippen LogP contribution >= 0.6 is 0 Å². The number of methoxy groups -OCH3 is 1. The Labute approximate surface area is 197 Å². The first-order valence-electron chi connectivity index (χ1n) is 11.3. The normalized spacial score (nSPS) is 15.1. The fraction of sp³-hybridized carbons (Fsp3) is 0.400. The molecule has 2 aromatic heterocycles. The van der Waals surface area contributed by atoms with Crippen molar-refractivity contribution in [1.29, 1.82) is 0 Å². The minimum absolute atomic E-state index is 0.0448. The molecule has 8 nitrogen and oxygen atoms in total. The Hall–Kier alpha value is -3.30. The summed E-state index contributed by atoms with van der Waals surface area (Å²) in [5.74, 6) is -0.434. The molecule has 3 heterocycles. The Morgan fingerprint density at radius 2 is 1.79 bits per heavy atom. The molecule has 180 valence electrons. The Balaban J connectivity index is 1.45. The van der Waals surface area contributed by atoms with E-state index in [0.29, 0.717) is 30.9 Å². The summed E-state index contributed by atoms with van der Waals surface area (Å²) in [6.45, 7) is 3.87. The molecule has 0 bridgehead atoms. The SMILES string of the molecule is CCOC(=O)c1cn(Cc2ccc(Cn3ccccc3=O)cc2)nc1CN1CC(F)(COC)C1. The maximum absolute atomic E-state index is 14.4. The molecule has 0 saturated carbocycles. The summed E-state index contributed by atoms with van der Waals surface area (Å²) in [6.07, 6.45) is 3.45. The highest BCUT2D eigenvalue weighted by Crippen LogP contribution is 2.28. The molecule has 0 N–H and O–H groups in total. The lowest BCUT2D eigenvalue weighted by molar-refractivity contribution is -0.0811. The third-order valence-electron chi connectivity index (χ3n) is 5.74. The van der Waals surface area contributed by atoms with Crippen molar-refractivity contribution >= 4 is 5.97 Å². The summed E-state index contributed by atoms with van der Waals surface area (Å²) < 4.78 is 27.9. The number of esters is 1. The molecule has 34 heavy (non-hydrogen) atoms. The minimum atomic E-state index is -1.35. The number of aromatic nitrogens is 3. The van der Waals surface area contributed by atoms with Gasteiger partial charge in [0.1, 0.15) is 5.56 Å². The zero-order chi connectivity index (χ0) is 24.1. The lowest BCUT2D eigenvalue weighted by atomic mass is 9.97. The van der Waals surface area contributed by atoms with Crippen LogP contribution in [0.3, 0.4) is 0 Å².